The maximum Gasteiger partial charge on any atom is 0.407 e. The van der Waals surface area contributed by atoms with Gasteiger partial charge in [0.05, 0.1) is 0 Å². The average Bonchev–Trinajstić information content (AvgIpc) is 2.91. The van der Waals surface area contributed by atoms with Gasteiger partial charge < -0.3 is 20.3 Å². The van der Waals surface area contributed by atoms with E-state index in [4.69, 9.17) is 4.74 Å². The van der Waals surface area contributed by atoms with Crippen molar-refractivity contribution in [2.45, 2.75) is 71.9 Å². The van der Waals surface area contributed by atoms with Crippen LogP contribution >= 0.6 is 0 Å². The Bertz CT molecular complexity index is 338. The third kappa shape index (κ3) is 8.56. The number of hydrogen-bond donors (Lipinski definition) is 2. The summed E-state index contributed by atoms with van der Waals surface area (Å²) in [4.78, 5) is 14.2. The molecule has 136 valence electrons. The van der Waals surface area contributed by atoms with E-state index in [1.807, 2.05) is 20.8 Å². The van der Waals surface area contributed by atoms with E-state index in [0.717, 1.165) is 26.2 Å². The lowest BCUT2D eigenvalue weighted by atomic mass is 10.0. The number of rotatable bonds is 9. The van der Waals surface area contributed by atoms with E-state index in [0.29, 0.717) is 18.5 Å². The summed E-state index contributed by atoms with van der Waals surface area (Å²) in [5.41, 5.74) is -0.429. The van der Waals surface area contributed by atoms with Crippen LogP contribution in [0.4, 0.5) is 4.79 Å². The molecule has 0 bridgehead atoms. The summed E-state index contributed by atoms with van der Waals surface area (Å²) in [6.45, 7) is 15.3. The maximum absolute atomic E-state index is 11.8. The SMILES string of the molecule is CCN(CC)CCCNC1CCCC1CNC(=O)OC(C)(C)C. The Morgan fingerprint density at radius 3 is 2.52 bits per heavy atom. The molecule has 0 aliphatic heterocycles. The summed E-state index contributed by atoms with van der Waals surface area (Å²) >= 11 is 0. The molecule has 0 aromatic carbocycles. The van der Waals surface area contributed by atoms with E-state index in [9.17, 15) is 4.79 Å². The van der Waals surface area contributed by atoms with Crippen LogP contribution in [-0.2, 0) is 4.74 Å². The van der Waals surface area contributed by atoms with E-state index in [1.54, 1.807) is 0 Å². The van der Waals surface area contributed by atoms with Crippen LogP contribution < -0.4 is 10.6 Å². The fourth-order valence-corrected chi connectivity index (χ4v) is 3.21. The van der Waals surface area contributed by atoms with Crippen LogP contribution in [0.3, 0.4) is 0 Å². The second-order valence-corrected chi connectivity index (χ2v) is 7.51. The molecule has 23 heavy (non-hydrogen) atoms. The summed E-state index contributed by atoms with van der Waals surface area (Å²) < 4.78 is 5.31. The molecule has 0 heterocycles. The van der Waals surface area contributed by atoms with Crippen molar-refractivity contribution in [3.05, 3.63) is 0 Å². The fourth-order valence-electron chi connectivity index (χ4n) is 3.21. The van der Waals surface area contributed by atoms with Crippen LogP contribution in [0.1, 0.15) is 60.3 Å². The van der Waals surface area contributed by atoms with Gasteiger partial charge in [0.25, 0.3) is 0 Å². The molecular weight excluding hydrogens is 290 g/mol. The Hall–Kier alpha value is -0.810. The van der Waals surface area contributed by atoms with Gasteiger partial charge in [0.1, 0.15) is 5.60 Å². The molecule has 0 aromatic rings. The zero-order chi connectivity index (χ0) is 17.3. The van der Waals surface area contributed by atoms with Crippen molar-refractivity contribution in [3.63, 3.8) is 0 Å². The van der Waals surface area contributed by atoms with Crippen LogP contribution in [0.2, 0.25) is 0 Å². The molecule has 2 N–H and O–H groups in total. The molecule has 2 unspecified atom stereocenters. The minimum absolute atomic E-state index is 0.301. The van der Waals surface area contributed by atoms with Gasteiger partial charge >= 0.3 is 6.09 Å². The predicted molar refractivity (Wildman–Crippen MR) is 95.8 cm³/mol. The first-order chi connectivity index (χ1) is 10.9. The smallest absolute Gasteiger partial charge is 0.407 e. The molecule has 2 atom stereocenters. The summed E-state index contributed by atoms with van der Waals surface area (Å²) in [7, 11) is 0. The van der Waals surface area contributed by atoms with E-state index in [-0.39, 0.29) is 6.09 Å². The Morgan fingerprint density at radius 1 is 1.22 bits per heavy atom. The van der Waals surface area contributed by atoms with Crippen LogP contribution in [-0.4, -0.2) is 55.4 Å². The molecule has 1 amide bonds. The van der Waals surface area contributed by atoms with Gasteiger partial charge in [-0.1, -0.05) is 20.3 Å². The van der Waals surface area contributed by atoms with Crippen molar-refractivity contribution < 1.29 is 9.53 Å². The van der Waals surface area contributed by atoms with Crippen molar-refractivity contribution >= 4 is 6.09 Å². The summed E-state index contributed by atoms with van der Waals surface area (Å²) in [6, 6.07) is 0.529. The van der Waals surface area contributed by atoms with Gasteiger partial charge in [-0.25, -0.2) is 4.79 Å². The predicted octanol–water partition coefficient (Wildman–Crippen LogP) is 3.00. The lowest BCUT2D eigenvalue weighted by Gasteiger charge is -2.24. The highest BCUT2D eigenvalue weighted by Crippen LogP contribution is 2.25. The quantitative estimate of drug-likeness (QED) is 0.639. The van der Waals surface area contributed by atoms with Crippen LogP contribution in [0.5, 0.6) is 0 Å². The summed E-state index contributed by atoms with van der Waals surface area (Å²) in [6.07, 6.45) is 4.53. The number of carbonyl (C=O) groups is 1. The van der Waals surface area contributed by atoms with Crippen LogP contribution in [0, 0.1) is 5.92 Å². The van der Waals surface area contributed by atoms with Gasteiger partial charge in [-0.05, 0) is 72.1 Å². The van der Waals surface area contributed by atoms with Crippen molar-refractivity contribution in [2.24, 2.45) is 5.92 Å². The number of ether oxygens (including phenoxy) is 1. The zero-order valence-corrected chi connectivity index (χ0v) is 15.8. The molecule has 0 saturated heterocycles. The highest BCUT2D eigenvalue weighted by Gasteiger charge is 2.27. The molecule has 1 aliphatic rings. The fraction of sp³-hybridized carbons (Fsp3) is 0.944. The van der Waals surface area contributed by atoms with Gasteiger partial charge in [-0.3, -0.25) is 0 Å². The minimum atomic E-state index is -0.429. The first kappa shape index (κ1) is 20.2. The van der Waals surface area contributed by atoms with Gasteiger partial charge in [0.2, 0.25) is 0 Å². The van der Waals surface area contributed by atoms with Crippen LogP contribution in [0.25, 0.3) is 0 Å². The first-order valence-corrected chi connectivity index (χ1v) is 9.28. The Morgan fingerprint density at radius 2 is 1.91 bits per heavy atom. The number of alkyl carbamates (subject to hydrolysis) is 1. The van der Waals surface area contributed by atoms with Crippen LogP contribution in [0.15, 0.2) is 0 Å². The van der Waals surface area contributed by atoms with E-state index in [2.05, 4.69) is 29.4 Å². The van der Waals surface area contributed by atoms with Crippen molar-refractivity contribution in [2.75, 3.05) is 32.7 Å². The molecule has 1 aliphatic carbocycles. The molecule has 0 aromatic heterocycles. The second kappa shape index (κ2) is 10.1. The van der Waals surface area contributed by atoms with Crippen molar-refractivity contribution in [3.8, 4) is 0 Å². The molecule has 1 rings (SSSR count). The molecule has 5 heteroatoms. The molecule has 0 radical (unpaired) electrons. The Balaban J connectivity index is 2.22. The zero-order valence-electron chi connectivity index (χ0n) is 15.8. The van der Waals surface area contributed by atoms with Gasteiger partial charge in [-0.15, -0.1) is 0 Å². The number of carbonyl (C=O) groups excluding carboxylic acids is 1. The van der Waals surface area contributed by atoms with E-state index in [1.165, 1.54) is 25.7 Å². The van der Waals surface area contributed by atoms with Crippen molar-refractivity contribution in [1.82, 2.24) is 15.5 Å². The summed E-state index contributed by atoms with van der Waals surface area (Å²) in [5, 5.41) is 6.62. The Kier molecular flexibility index (Phi) is 8.92. The molecule has 1 fully saturated rings. The molecule has 5 nitrogen and oxygen atoms in total. The molecular formula is C18H37N3O2. The Labute approximate surface area is 142 Å². The lowest BCUT2D eigenvalue weighted by Crippen LogP contribution is -2.41. The minimum Gasteiger partial charge on any atom is -0.444 e. The topological polar surface area (TPSA) is 53.6 Å². The average molecular weight is 328 g/mol. The van der Waals surface area contributed by atoms with Gasteiger partial charge in [0.15, 0.2) is 0 Å². The number of nitrogens with zero attached hydrogens (tertiary/aromatic N) is 1. The normalized spacial score (nSPS) is 21.7. The standard InChI is InChI=1S/C18H37N3O2/c1-6-21(7-2)13-9-12-19-16-11-8-10-15(16)14-20-17(22)23-18(3,4)5/h15-16,19H,6-14H2,1-5H3,(H,20,22). The second-order valence-electron chi connectivity index (χ2n) is 7.51. The molecule has 1 saturated carbocycles. The first-order valence-electron chi connectivity index (χ1n) is 9.28. The number of hydrogen-bond acceptors (Lipinski definition) is 4. The van der Waals surface area contributed by atoms with E-state index >= 15 is 0 Å². The van der Waals surface area contributed by atoms with Crippen molar-refractivity contribution in [1.29, 1.82) is 0 Å². The largest absolute Gasteiger partial charge is 0.444 e. The number of nitrogens with one attached hydrogen (secondary N) is 2. The number of amides is 1. The van der Waals surface area contributed by atoms with Gasteiger partial charge in [0, 0.05) is 12.6 Å². The maximum atomic E-state index is 11.8. The van der Waals surface area contributed by atoms with E-state index < -0.39 is 5.60 Å². The highest BCUT2D eigenvalue weighted by atomic mass is 16.6. The monoisotopic (exact) mass is 327 g/mol. The summed E-state index contributed by atoms with van der Waals surface area (Å²) in [5.74, 6) is 0.524. The highest BCUT2D eigenvalue weighted by molar-refractivity contribution is 5.67. The third-order valence-electron chi connectivity index (χ3n) is 4.52. The van der Waals surface area contributed by atoms with Gasteiger partial charge in [-0.2, -0.15) is 0 Å². The molecule has 0 spiro atoms. The third-order valence-corrected chi connectivity index (χ3v) is 4.52. The lowest BCUT2D eigenvalue weighted by molar-refractivity contribution is 0.0517.